The van der Waals surface area contributed by atoms with Gasteiger partial charge in [-0.25, -0.2) is 9.67 Å². The molecule has 1 atom stereocenters. The van der Waals surface area contributed by atoms with Crippen LogP contribution in [0.5, 0.6) is 0 Å². The van der Waals surface area contributed by atoms with Gasteiger partial charge in [0.15, 0.2) is 5.82 Å². The van der Waals surface area contributed by atoms with E-state index in [0.29, 0.717) is 16.9 Å². The molecule has 7 heteroatoms. The molecule has 6 nitrogen and oxygen atoms in total. The molecule has 0 aliphatic carbocycles. The summed E-state index contributed by atoms with van der Waals surface area (Å²) in [5.74, 6) is 1.22. The molecule has 0 spiro atoms. The van der Waals surface area contributed by atoms with Gasteiger partial charge in [-0.2, -0.15) is 4.98 Å². The van der Waals surface area contributed by atoms with Crippen LogP contribution in [-0.2, 0) is 0 Å². The quantitative estimate of drug-likeness (QED) is 0.687. The van der Waals surface area contributed by atoms with Crippen LogP contribution in [0, 0.1) is 6.92 Å². The monoisotopic (exact) mass is 287 g/mol. The zero-order valence-electron chi connectivity index (χ0n) is 11.1. The highest BCUT2D eigenvalue weighted by atomic mass is 32.2. The number of rotatable bonds is 4. The van der Waals surface area contributed by atoms with E-state index < -0.39 is 0 Å². The van der Waals surface area contributed by atoms with Crippen LogP contribution in [0.4, 0.5) is 0 Å². The highest BCUT2D eigenvalue weighted by Gasteiger charge is 2.16. The van der Waals surface area contributed by atoms with E-state index in [9.17, 15) is 0 Å². The Morgan fingerprint density at radius 3 is 2.75 bits per heavy atom. The zero-order chi connectivity index (χ0) is 13.9. The molecule has 2 aromatic heterocycles. The number of para-hydroxylation sites is 1. The number of hydrogen-bond donors (Lipinski definition) is 0. The first-order valence-electron chi connectivity index (χ1n) is 6.16. The van der Waals surface area contributed by atoms with E-state index in [4.69, 9.17) is 4.52 Å². The van der Waals surface area contributed by atoms with Crippen LogP contribution < -0.4 is 0 Å². The van der Waals surface area contributed by atoms with Gasteiger partial charge in [-0.15, -0.1) is 5.10 Å². The first-order valence-corrected chi connectivity index (χ1v) is 7.04. The average molecular weight is 287 g/mol. The Hall–Kier alpha value is -2.15. The Morgan fingerprint density at radius 2 is 2.05 bits per heavy atom. The molecule has 1 aromatic carbocycles. The largest absolute Gasteiger partial charge is 0.338 e. The Bertz CT molecular complexity index is 694. The fourth-order valence-electron chi connectivity index (χ4n) is 1.69. The maximum Gasteiger partial charge on any atom is 0.239 e. The van der Waals surface area contributed by atoms with E-state index in [0.717, 1.165) is 5.69 Å². The van der Waals surface area contributed by atoms with Crippen molar-refractivity contribution in [2.75, 3.05) is 0 Å². The van der Waals surface area contributed by atoms with E-state index in [-0.39, 0.29) is 5.25 Å². The van der Waals surface area contributed by atoms with E-state index in [2.05, 4.69) is 20.2 Å². The highest BCUT2D eigenvalue weighted by Crippen LogP contribution is 2.31. The molecular weight excluding hydrogens is 274 g/mol. The van der Waals surface area contributed by atoms with Crippen molar-refractivity contribution >= 4 is 11.8 Å². The molecule has 0 saturated heterocycles. The summed E-state index contributed by atoms with van der Waals surface area (Å²) in [6.07, 6.45) is 1.70. The normalized spacial score (nSPS) is 12.5. The SMILES string of the molecule is Cc1noc(C(C)Sc2ncn(-c3ccccc3)n2)n1. The van der Waals surface area contributed by atoms with Crippen LogP contribution in [0.3, 0.4) is 0 Å². The van der Waals surface area contributed by atoms with Crippen molar-refractivity contribution < 1.29 is 4.52 Å². The van der Waals surface area contributed by atoms with Gasteiger partial charge < -0.3 is 4.52 Å². The van der Waals surface area contributed by atoms with Crippen LogP contribution in [0.15, 0.2) is 46.3 Å². The van der Waals surface area contributed by atoms with Gasteiger partial charge in [0.05, 0.1) is 10.9 Å². The molecule has 0 aliphatic rings. The molecule has 0 saturated carbocycles. The summed E-state index contributed by atoms with van der Waals surface area (Å²) in [6.45, 7) is 3.79. The van der Waals surface area contributed by atoms with Gasteiger partial charge in [-0.05, 0) is 26.0 Å². The maximum atomic E-state index is 5.15. The van der Waals surface area contributed by atoms with Crippen LogP contribution >= 0.6 is 11.8 Å². The summed E-state index contributed by atoms with van der Waals surface area (Å²) in [7, 11) is 0. The van der Waals surface area contributed by atoms with Crippen LogP contribution in [0.25, 0.3) is 5.69 Å². The van der Waals surface area contributed by atoms with E-state index >= 15 is 0 Å². The Kier molecular flexibility index (Phi) is 3.51. The maximum absolute atomic E-state index is 5.15. The molecule has 20 heavy (non-hydrogen) atoms. The third kappa shape index (κ3) is 2.72. The van der Waals surface area contributed by atoms with Crippen molar-refractivity contribution in [1.82, 2.24) is 24.9 Å². The average Bonchev–Trinajstić information content (AvgIpc) is 3.09. The number of thioether (sulfide) groups is 1. The van der Waals surface area contributed by atoms with E-state index in [1.807, 2.05) is 37.3 Å². The second-order valence-electron chi connectivity index (χ2n) is 4.25. The minimum Gasteiger partial charge on any atom is -0.338 e. The molecule has 0 amide bonds. The fraction of sp³-hybridized carbons (Fsp3) is 0.231. The van der Waals surface area contributed by atoms with Crippen molar-refractivity contribution in [2.45, 2.75) is 24.3 Å². The first-order chi connectivity index (χ1) is 9.72. The number of aryl methyl sites for hydroxylation is 1. The third-order valence-corrected chi connectivity index (χ3v) is 3.62. The third-order valence-electron chi connectivity index (χ3n) is 2.66. The molecule has 2 heterocycles. The van der Waals surface area contributed by atoms with Crippen molar-refractivity contribution in [3.8, 4) is 5.69 Å². The number of nitrogens with zero attached hydrogens (tertiary/aromatic N) is 5. The molecule has 0 bridgehead atoms. The molecule has 0 fully saturated rings. The molecule has 0 radical (unpaired) electrons. The van der Waals surface area contributed by atoms with Gasteiger partial charge in [-0.1, -0.05) is 35.1 Å². The number of aromatic nitrogens is 5. The summed E-state index contributed by atoms with van der Waals surface area (Å²) in [6, 6.07) is 9.86. The van der Waals surface area contributed by atoms with E-state index in [1.54, 1.807) is 17.9 Å². The Balaban J connectivity index is 1.74. The van der Waals surface area contributed by atoms with Gasteiger partial charge >= 0.3 is 0 Å². The summed E-state index contributed by atoms with van der Waals surface area (Å²) >= 11 is 1.49. The fourth-order valence-corrected chi connectivity index (χ4v) is 2.45. The molecule has 102 valence electrons. The molecule has 0 N–H and O–H groups in total. The van der Waals surface area contributed by atoms with Crippen LogP contribution in [-0.4, -0.2) is 24.9 Å². The molecule has 3 rings (SSSR count). The van der Waals surface area contributed by atoms with Crippen molar-refractivity contribution in [1.29, 1.82) is 0 Å². The second kappa shape index (κ2) is 5.46. The first kappa shape index (κ1) is 12.9. The van der Waals surface area contributed by atoms with Gasteiger partial charge in [0.1, 0.15) is 6.33 Å². The van der Waals surface area contributed by atoms with Crippen molar-refractivity contribution in [3.05, 3.63) is 48.4 Å². The lowest BCUT2D eigenvalue weighted by atomic mass is 10.3. The smallest absolute Gasteiger partial charge is 0.239 e. The van der Waals surface area contributed by atoms with Gasteiger partial charge in [0.2, 0.25) is 11.0 Å². The van der Waals surface area contributed by atoms with Gasteiger partial charge in [-0.3, -0.25) is 0 Å². The summed E-state index contributed by atoms with van der Waals surface area (Å²) in [5.41, 5.74) is 0.980. The number of benzene rings is 1. The lowest BCUT2D eigenvalue weighted by Gasteiger charge is -2.02. The lowest BCUT2D eigenvalue weighted by molar-refractivity contribution is 0.376. The van der Waals surface area contributed by atoms with Gasteiger partial charge in [0.25, 0.3) is 0 Å². The van der Waals surface area contributed by atoms with Crippen molar-refractivity contribution in [2.24, 2.45) is 0 Å². The standard InChI is InChI=1S/C13H13N5OS/c1-9(12-15-10(2)17-19-12)20-13-14-8-18(16-13)11-6-4-3-5-7-11/h3-9H,1-2H3. The van der Waals surface area contributed by atoms with Gasteiger partial charge in [0, 0.05) is 0 Å². The molecule has 1 unspecified atom stereocenters. The summed E-state index contributed by atoms with van der Waals surface area (Å²) in [4.78, 5) is 8.50. The molecule has 0 aliphatic heterocycles. The predicted molar refractivity (Wildman–Crippen MR) is 74.7 cm³/mol. The zero-order valence-corrected chi connectivity index (χ0v) is 11.9. The predicted octanol–water partition coefficient (Wildman–Crippen LogP) is 2.81. The highest BCUT2D eigenvalue weighted by molar-refractivity contribution is 7.99. The van der Waals surface area contributed by atoms with Crippen LogP contribution in [0.1, 0.15) is 23.9 Å². The summed E-state index contributed by atoms with van der Waals surface area (Å²) in [5, 5.41) is 8.91. The molecular formula is C13H13N5OS. The summed E-state index contributed by atoms with van der Waals surface area (Å²) < 4.78 is 6.89. The van der Waals surface area contributed by atoms with E-state index in [1.165, 1.54) is 11.8 Å². The Morgan fingerprint density at radius 1 is 1.25 bits per heavy atom. The molecule has 3 aromatic rings. The lowest BCUT2D eigenvalue weighted by Crippen LogP contribution is -1.94. The topological polar surface area (TPSA) is 69.6 Å². The van der Waals surface area contributed by atoms with Crippen molar-refractivity contribution in [3.63, 3.8) is 0 Å². The minimum atomic E-state index is 0.0165. The second-order valence-corrected chi connectivity index (χ2v) is 5.56. The number of hydrogen-bond acceptors (Lipinski definition) is 6. The van der Waals surface area contributed by atoms with Crippen LogP contribution in [0.2, 0.25) is 0 Å². The minimum absolute atomic E-state index is 0.0165. The Labute approximate surface area is 120 Å².